The van der Waals surface area contributed by atoms with Crippen LogP contribution in [0.1, 0.15) is 6.42 Å². The Morgan fingerprint density at radius 3 is 2.70 bits per heavy atom. The van der Waals surface area contributed by atoms with Crippen LogP contribution in [0, 0.1) is 18.3 Å². The molecule has 1 aliphatic carbocycles. The van der Waals surface area contributed by atoms with Crippen LogP contribution in [0.3, 0.4) is 0 Å². The molecule has 0 aromatic carbocycles. The van der Waals surface area contributed by atoms with Crippen molar-refractivity contribution in [2.45, 2.75) is 9.65 Å². The molecule has 56 valence electrons. The number of alkyl halides is 2. The molecule has 0 spiro atoms. The van der Waals surface area contributed by atoms with E-state index in [4.69, 9.17) is 11.2 Å². The summed E-state index contributed by atoms with van der Waals surface area (Å²) in [7, 11) is 0. The monoisotopic (exact) mass is 266 g/mol. The van der Waals surface area contributed by atoms with Gasteiger partial charge in [-0.1, -0.05) is 37.8 Å². The minimum absolute atomic E-state index is 0.147. The maximum atomic E-state index is 5.15. The van der Waals surface area contributed by atoms with Gasteiger partial charge < -0.3 is 4.74 Å². The Morgan fingerprint density at radius 1 is 1.70 bits per heavy atom. The Hall–Kier alpha value is 0.480. The summed E-state index contributed by atoms with van der Waals surface area (Å²) >= 11 is 6.98. The van der Waals surface area contributed by atoms with E-state index in [1.165, 1.54) is 0 Å². The zero-order chi connectivity index (χ0) is 7.61. The summed E-state index contributed by atoms with van der Waals surface area (Å²) in [6.07, 6.45) is 6.13. The molecule has 1 unspecified atom stereocenters. The van der Waals surface area contributed by atoms with Crippen molar-refractivity contribution < 1.29 is 4.74 Å². The molecule has 0 bridgehead atoms. The van der Waals surface area contributed by atoms with Crippen molar-refractivity contribution in [1.29, 1.82) is 0 Å². The molecular formula is C7H8Br2O. The molecule has 1 aliphatic rings. The fourth-order valence-corrected chi connectivity index (χ4v) is 1.76. The van der Waals surface area contributed by atoms with Crippen LogP contribution in [0.2, 0.25) is 0 Å². The highest BCUT2D eigenvalue weighted by molar-refractivity contribution is 9.25. The molecule has 0 saturated heterocycles. The molecule has 10 heavy (non-hydrogen) atoms. The molecular weight excluding hydrogens is 260 g/mol. The lowest BCUT2D eigenvalue weighted by Gasteiger charge is -1.98. The van der Waals surface area contributed by atoms with Gasteiger partial charge in [0, 0.05) is 5.92 Å². The molecule has 1 saturated carbocycles. The van der Waals surface area contributed by atoms with E-state index in [1.54, 1.807) is 0 Å². The molecule has 1 rings (SSSR count). The van der Waals surface area contributed by atoms with Gasteiger partial charge in [0.25, 0.3) is 0 Å². The van der Waals surface area contributed by atoms with E-state index in [9.17, 15) is 0 Å². The number of ether oxygens (including phenoxy) is 1. The summed E-state index contributed by atoms with van der Waals surface area (Å²) in [6.45, 7) is 1.17. The first-order valence-electron chi connectivity index (χ1n) is 3.06. The van der Waals surface area contributed by atoms with Crippen LogP contribution in [-0.4, -0.2) is 16.4 Å². The van der Waals surface area contributed by atoms with Crippen molar-refractivity contribution in [2.24, 2.45) is 5.92 Å². The average Bonchev–Trinajstić information content (AvgIpc) is 2.41. The predicted molar refractivity (Wildman–Crippen MR) is 48.3 cm³/mol. The van der Waals surface area contributed by atoms with E-state index in [0.29, 0.717) is 12.5 Å². The van der Waals surface area contributed by atoms with Crippen LogP contribution in [-0.2, 0) is 4.74 Å². The van der Waals surface area contributed by atoms with E-state index < -0.39 is 0 Å². The molecule has 0 radical (unpaired) electrons. The Labute approximate surface area is 77.8 Å². The van der Waals surface area contributed by atoms with Gasteiger partial charge in [0.05, 0.1) is 9.84 Å². The van der Waals surface area contributed by atoms with Gasteiger partial charge in [-0.15, -0.1) is 6.42 Å². The summed E-state index contributed by atoms with van der Waals surface area (Å²) in [5.74, 6) is 3.01. The molecule has 0 aromatic heterocycles. The summed E-state index contributed by atoms with van der Waals surface area (Å²) in [6, 6.07) is 0. The molecule has 1 fully saturated rings. The van der Waals surface area contributed by atoms with Gasteiger partial charge in [0.2, 0.25) is 0 Å². The smallest absolute Gasteiger partial charge is 0.107 e. The van der Waals surface area contributed by atoms with Crippen molar-refractivity contribution in [3.63, 3.8) is 0 Å². The highest BCUT2D eigenvalue weighted by Crippen LogP contribution is 2.56. The normalized spacial score (nSPS) is 27.5. The first kappa shape index (κ1) is 8.58. The first-order chi connectivity index (χ1) is 4.67. The molecule has 0 N–H and O–H groups in total. The Balaban J connectivity index is 2.03. The van der Waals surface area contributed by atoms with Crippen LogP contribution < -0.4 is 0 Å². The SMILES string of the molecule is C#CCOCC1CC1(Br)Br. The maximum Gasteiger partial charge on any atom is 0.107 e. The van der Waals surface area contributed by atoms with Crippen molar-refractivity contribution in [2.75, 3.05) is 13.2 Å². The van der Waals surface area contributed by atoms with Crippen LogP contribution in [0.5, 0.6) is 0 Å². The van der Waals surface area contributed by atoms with Crippen molar-refractivity contribution in [3.05, 3.63) is 0 Å². The standard InChI is InChI=1S/C7H8Br2O/c1-2-3-10-5-6-4-7(6,8)9/h1,6H,3-5H2. The zero-order valence-corrected chi connectivity index (χ0v) is 8.61. The fraction of sp³-hybridized carbons (Fsp3) is 0.714. The van der Waals surface area contributed by atoms with E-state index in [-0.39, 0.29) is 3.23 Å². The molecule has 1 atom stereocenters. The topological polar surface area (TPSA) is 9.23 Å². The van der Waals surface area contributed by atoms with E-state index >= 15 is 0 Å². The van der Waals surface area contributed by atoms with Gasteiger partial charge in [0.15, 0.2) is 0 Å². The minimum atomic E-state index is 0.147. The number of halogens is 2. The van der Waals surface area contributed by atoms with Gasteiger partial charge in [-0.05, 0) is 6.42 Å². The largest absolute Gasteiger partial charge is 0.368 e. The van der Waals surface area contributed by atoms with Crippen molar-refractivity contribution in [3.8, 4) is 12.3 Å². The number of terminal acetylenes is 1. The van der Waals surface area contributed by atoms with Gasteiger partial charge in [-0.3, -0.25) is 0 Å². The summed E-state index contributed by atoms with van der Waals surface area (Å²) in [5.41, 5.74) is 0. The highest BCUT2D eigenvalue weighted by atomic mass is 79.9. The van der Waals surface area contributed by atoms with E-state index in [1.807, 2.05) is 0 Å². The minimum Gasteiger partial charge on any atom is -0.368 e. The number of rotatable bonds is 3. The number of hydrogen-bond acceptors (Lipinski definition) is 1. The van der Waals surface area contributed by atoms with E-state index in [0.717, 1.165) is 13.0 Å². The van der Waals surface area contributed by atoms with Gasteiger partial charge in [-0.25, -0.2) is 0 Å². The predicted octanol–water partition coefficient (Wildman–Crippen LogP) is 2.14. The lowest BCUT2D eigenvalue weighted by Crippen LogP contribution is -2.00. The molecule has 3 heteroatoms. The Bertz CT molecular complexity index is 159. The Morgan fingerprint density at radius 2 is 2.30 bits per heavy atom. The first-order valence-corrected chi connectivity index (χ1v) is 4.64. The fourth-order valence-electron chi connectivity index (χ4n) is 0.711. The maximum absolute atomic E-state index is 5.15. The second-order valence-corrected chi connectivity index (χ2v) is 6.28. The van der Waals surface area contributed by atoms with Crippen molar-refractivity contribution in [1.82, 2.24) is 0 Å². The van der Waals surface area contributed by atoms with Gasteiger partial charge in [0.1, 0.15) is 6.61 Å². The average molecular weight is 268 g/mol. The van der Waals surface area contributed by atoms with Crippen LogP contribution in [0.15, 0.2) is 0 Å². The Kier molecular flexibility index (Phi) is 2.79. The van der Waals surface area contributed by atoms with E-state index in [2.05, 4.69) is 37.8 Å². The molecule has 0 heterocycles. The van der Waals surface area contributed by atoms with Crippen LogP contribution >= 0.6 is 31.9 Å². The lowest BCUT2D eigenvalue weighted by atomic mass is 10.5. The van der Waals surface area contributed by atoms with Gasteiger partial charge >= 0.3 is 0 Å². The molecule has 0 amide bonds. The quantitative estimate of drug-likeness (QED) is 0.433. The summed E-state index contributed by atoms with van der Waals surface area (Å²) in [4.78, 5) is 0. The third-order valence-electron chi connectivity index (χ3n) is 1.46. The third-order valence-corrected chi connectivity index (χ3v) is 3.40. The van der Waals surface area contributed by atoms with Crippen molar-refractivity contribution >= 4 is 31.9 Å². The van der Waals surface area contributed by atoms with Crippen LogP contribution in [0.25, 0.3) is 0 Å². The summed E-state index contributed by atoms with van der Waals surface area (Å²) in [5, 5.41) is 0. The number of hydrogen-bond donors (Lipinski definition) is 0. The highest BCUT2D eigenvalue weighted by Gasteiger charge is 2.50. The molecule has 0 aliphatic heterocycles. The molecule has 1 nitrogen and oxygen atoms in total. The van der Waals surface area contributed by atoms with Gasteiger partial charge in [-0.2, -0.15) is 0 Å². The second-order valence-electron chi connectivity index (χ2n) is 2.38. The van der Waals surface area contributed by atoms with Crippen LogP contribution in [0.4, 0.5) is 0 Å². The molecule has 0 aromatic rings. The zero-order valence-electron chi connectivity index (χ0n) is 5.44. The lowest BCUT2D eigenvalue weighted by molar-refractivity contribution is 0.156. The summed E-state index contributed by atoms with van der Waals surface area (Å²) < 4.78 is 5.29. The third kappa shape index (κ3) is 2.26. The second kappa shape index (κ2) is 3.25.